The predicted molar refractivity (Wildman–Crippen MR) is 103 cm³/mol. The summed E-state index contributed by atoms with van der Waals surface area (Å²) < 4.78 is 29.4. The Morgan fingerprint density at radius 1 is 1.31 bits per heavy atom. The number of likely N-dealkylation sites (tertiary alicyclic amines) is 1. The minimum absolute atomic E-state index is 0.00365. The van der Waals surface area contributed by atoms with Gasteiger partial charge in [0.1, 0.15) is 11.5 Å². The zero-order chi connectivity index (χ0) is 21.3. The zero-order valence-corrected chi connectivity index (χ0v) is 17.4. The minimum Gasteiger partial charge on any atom is -0.495 e. The molecule has 7 nitrogen and oxygen atoms in total. The van der Waals surface area contributed by atoms with Crippen molar-refractivity contribution in [2.75, 3.05) is 34.9 Å². The average molecular weight is 425 g/mol. The number of methoxy groups -OCH3 is 3. The van der Waals surface area contributed by atoms with Crippen molar-refractivity contribution in [2.45, 2.75) is 19.2 Å². The van der Waals surface area contributed by atoms with Crippen LogP contribution >= 0.6 is 11.6 Å². The summed E-state index contributed by atoms with van der Waals surface area (Å²) in [6.45, 7) is 0.614. The van der Waals surface area contributed by atoms with Crippen molar-refractivity contribution < 1.29 is 28.2 Å². The number of hydrogen-bond donors (Lipinski definition) is 0. The van der Waals surface area contributed by atoms with E-state index >= 15 is 0 Å². The summed E-state index contributed by atoms with van der Waals surface area (Å²) in [5.41, 5.74) is 1.81. The number of rotatable bonds is 5. The molecule has 1 aromatic carbocycles. The van der Waals surface area contributed by atoms with Crippen LogP contribution in [0.25, 0.3) is 0 Å². The van der Waals surface area contributed by atoms with Crippen LogP contribution in [-0.4, -0.2) is 62.8 Å². The highest BCUT2D eigenvalue weighted by molar-refractivity contribution is 6.30. The van der Waals surface area contributed by atoms with Gasteiger partial charge in [0.2, 0.25) is 0 Å². The summed E-state index contributed by atoms with van der Waals surface area (Å²) >= 11 is 5.86. The van der Waals surface area contributed by atoms with Gasteiger partial charge in [-0.15, -0.1) is 0 Å². The molecule has 0 N–H and O–H groups in total. The Morgan fingerprint density at radius 3 is 2.62 bits per heavy atom. The smallest absolute Gasteiger partial charge is 0.354 e. The van der Waals surface area contributed by atoms with Crippen LogP contribution in [0.3, 0.4) is 0 Å². The molecule has 1 fully saturated rings. The first-order chi connectivity index (χ1) is 13.8. The maximum atomic E-state index is 13.4. The molecular weight excluding hydrogens is 403 g/mol. The van der Waals surface area contributed by atoms with E-state index in [-0.39, 0.29) is 28.7 Å². The predicted octanol–water partition coefficient (Wildman–Crippen LogP) is 2.46. The molecule has 0 saturated carbocycles. The second kappa shape index (κ2) is 8.42. The number of fused-ring (bicyclic) bond motifs is 1. The number of halogens is 2. The first-order valence-electron chi connectivity index (χ1n) is 8.92. The second-order valence-corrected chi connectivity index (χ2v) is 7.09. The average Bonchev–Trinajstić information content (AvgIpc) is 2.71. The number of carbonyl (C=O) groups excluding carboxylic acids is 2. The van der Waals surface area contributed by atoms with Crippen molar-refractivity contribution >= 4 is 23.5 Å². The molecule has 0 radical (unpaired) electrons. The Kier molecular flexibility index (Phi) is 6.14. The van der Waals surface area contributed by atoms with Crippen LogP contribution in [0.2, 0.25) is 5.02 Å². The lowest BCUT2D eigenvalue weighted by atomic mass is 9.89. The van der Waals surface area contributed by atoms with Crippen molar-refractivity contribution in [1.82, 2.24) is 9.80 Å². The van der Waals surface area contributed by atoms with Gasteiger partial charge in [0, 0.05) is 32.8 Å². The van der Waals surface area contributed by atoms with Gasteiger partial charge in [0.15, 0.2) is 12.0 Å². The van der Waals surface area contributed by atoms with Gasteiger partial charge in [0.25, 0.3) is 5.91 Å². The maximum absolute atomic E-state index is 13.4. The monoisotopic (exact) mass is 424 g/mol. The molecule has 2 aliphatic rings. The summed E-state index contributed by atoms with van der Waals surface area (Å²) in [7, 11) is 5.89. The summed E-state index contributed by atoms with van der Waals surface area (Å²) in [5, 5.41) is -0.00365. The van der Waals surface area contributed by atoms with E-state index in [2.05, 4.69) is 0 Å². The number of likely N-dealkylation sites (N-methyl/N-ethyl adjacent to an activating group) is 1. The quantitative estimate of drug-likeness (QED) is 0.676. The van der Waals surface area contributed by atoms with Crippen LogP contribution in [0, 0.1) is 5.82 Å². The Balaban J connectivity index is 2.03. The van der Waals surface area contributed by atoms with Gasteiger partial charge in [-0.05, 0) is 24.1 Å². The third kappa shape index (κ3) is 3.70. The highest BCUT2D eigenvalue weighted by Gasteiger charge is 2.43. The van der Waals surface area contributed by atoms with E-state index in [0.717, 1.165) is 0 Å². The van der Waals surface area contributed by atoms with E-state index < -0.39 is 18.0 Å². The summed E-state index contributed by atoms with van der Waals surface area (Å²) in [4.78, 5) is 29.0. The fraction of sp³-hybridized carbons (Fsp3) is 0.400. The number of piperidine rings is 1. The van der Waals surface area contributed by atoms with Crippen LogP contribution in [0.4, 0.5) is 4.39 Å². The molecule has 1 unspecified atom stereocenters. The zero-order valence-electron chi connectivity index (χ0n) is 16.6. The molecule has 2 heterocycles. The van der Waals surface area contributed by atoms with Crippen LogP contribution in [0.15, 0.2) is 40.8 Å². The van der Waals surface area contributed by atoms with Crippen LogP contribution < -0.4 is 0 Å². The molecule has 0 aliphatic carbocycles. The summed E-state index contributed by atoms with van der Waals surface area (Å²) in [6.07, 6.45) is -0.328. The van der Waals surface area contributed by atoms with Crippen molar-refractivity contribution in [1.29, 1.82) is 0 Å². The lowest BCUT2D eigenvalue weighted by Gasteiger charge is -2.41. The first kappa shape index (κ1) is 21.1. The van der Waals surface area contributed by atoms with Crippen molar-refractivity contribution in [2.24, 2.45) is 0 Å². The Hall–Kier alpha value is -2.58. The lowest BCUT2D eigenvalue weighted by molar-refractivity contribution is -0.140. The molecule has 0 spiro atoms. The second-order valence-electron chi connectivity index (χ2n) is 6.69. The number of amides is 1. The molecule has 9 heteroatoms. The van der Waals surface area contributed by atoms with E-state index in [1.165, 1.54) is 33.5 Å². The number of hydrogen-bond acceptors (Lipinski definition) is 6. The Bertz CT molecular complexity index is 914. The van der Waals surface area contributed by atoms with Gasteiger partial charge in [-0.1, -0.05) is 17.7 Å². The normalized spacial score (nSPS) is 19.5. The van der Waals surface area contributed by atoms with E-state index in [1.54, 1.807) is 22.9 Å². The molecule has 0 aromatic heterocycles. The van der Waals surface area contributed by atoms with Crippen molar-refractivity contribution in [3.8, 4) is 0 Å². The van der Waals surface area contributed by atoms with Crippen LogP contribution in [0.1, 0.15) is 12.0 Å². The first-order valence-corrected chi connectivity index (χ1v) is 9.30. The molecule has 1 atom stereocenters. The standard InChI is InChI=1S/C20H22ClFN2O5/c1-23-16(20(26)29-4)12-7-8-24(10-11-5-6-14(22)13(21)9-11)18(25)15(12)17(27-2)19(23)28-3/h5-6,9,19H,7-8,10H2,1-4H3. The van der Waals surface area contributed by atoms with Gasteiger partial charge < -0.3 is 24.0 Å². The SMILES string of the molecule is COC(=O)C1=C2CCN(Cc3ccc(F)c(Cl)c3)C(=O)C2=C(OC)C(OC)N1C. The van der Waals surface area contributed by atoms with Crippen LogP contribution in [0.5, 0.6) is 0 Å². The number of esters is 1. The highest BCUT2D eigenvalue weighted by Crippen LogP contribution is 2.38. The van der Waals surface area contributed by atoms with E-state index in [1.807, 2.05) is 0 Å². The molecule has 1 amide bonds. The largest absolute Gasteiger partial charge is 0.495 e. The maximum Gasteiger partial charge on any atom is 0.354 e. The van der Waals surface area contributed by atoms with Gasteiger partial charge in [-0.25, -0.2) is 9.18 Å². The van der Waals surface area contributed by atoms with Gasteiger partial charge >= 0.3 is 5.97 Å². The molecular formula is C20H22ClFN2O5. The van der Waals surface area contributed by atoms with Gasteiger partial charge in [-0.2, -0.15) is 0 Å². The molecule has 0 bridgehead atoms. The van der Waals surface area contributed by atoms with Gasteiger partial charge in [0.05, 0.1) is 24.8 Å². The summed E-state index contributed by atoms with van der Waals surface area (Å²) in [6, 6.07) is 4.34. The highest BCUT2D eigenvalue weighted by atomic mass is 35.5. The van der Waals surface area contributed by atoms with E-state index in [9.17, 15) is 14.0 Å². The third-order valence-corrected chi connectivity index (χ3v) is 5.36. The van der Waals surface area contributed by atoms with Crippen molar-refractivity contribution in [3.63, 3.8) is 0 Å². The van der Waals surface area contributed by atoms with E-state index in [0.29, 0.717) is 29.9 Å². The molecule has 1 saturated heterocycles. The summed E-state index contributed by atoms with van der Waals surface area (Å²) in [5.74, 6) is -1.05. The number of carbonyl (C=O) groups is 2. The minimum atomic E-state index is -0.753. The third-order valence-electron chi connectivity index (χ3n) is 5.07. The molecule has 1 aromatic rings. The van der Waals surface area contributed by atoms with Crippen molar-refractivity contribution in [3.05, 3.63) is 57.2 Å². The van der Waals surface area contributed by atoms with Crippen LogP contribution in [-0.2, 0) is 30.3 Å². The molecule has 3 rings (SSSR count). The fourth-order valence-corrected chi connectivity index (χ4v) is 3.93. The molecule has 156 valence electrons. The topological polar surface area (TPSA) is 68.3 Å². The lowest BCUT2D eigenvalue weighted by Crippen LogP contribution is -2.48. The molecule has 29 heavy (non-hydrogen) atoms. The Labute approximate surface area is 173 Å². The number of ether oxygens (including phenoxy) is 3. The Morgan fingerprint density at radius 2 is 2.03 bits per heavy atom. The fourth-order valence-electron chi connectivity index (χ4n) is 3.72. The number of benzene rings is 1. The van der Waals surface area contributed by atoms with E-state index in [4.69, 9.17) is 25.8 Å². The number of nitrogens with zero attached hydrogens (tertiary/aromatic N) is 2. The molecule has 2 aliphatic heterocycles. The van der Waals surface area contributed by atoms with Gasteiger partial charge in [-0.3, -0.25) is 4.79 Å².